The molecule has 0 unspecified atom stereocenters. The fraction of sp³-hybridized carbons (Fsp3) is 0.379. The lowest BCUT2D eigenvalue weighted by atomic mass is 9.85. The molecule has 208 valence electrons. The fourth-order valence-electron chi connectivity index (χ4n) is 5.84. The molecule has 1 amide bonds. The van der Waals surface area contributed by atoms with Crippen LogP contribution in [0.5, 0.6) is 11.5 Å². The van der Waals surface area contributed by atoms with Crippen molar-refractivity contribution in [2.24, 2.45) is 5.92 Å². The van der Waals surface area contributed by atoms with Crippen LogP contribution in [0.3, 0.4) is 0 Å². The third-order valence-electron chi connectivity index (χ3n) is 7.99. The molecule has 1 aliphatic heterocycles. The van der Waals surface area contributed by atoms with Crippen molar-refractivity contribution in [1.82, 2.24) is 20.2 Å². The van der Waals surface area contributed by atoms with Crippen LogP contribution >= 0.6 is 0 Å². The summed E-state index contributed by atoms with van der Waals surface area (Å²) in [5.74, 6) is 2.21. The molecule has 1 atom stereocenters. The highest BCUT2D eigenvalue weighted by molar-refractivity contribution is 6.10. The molecule has 6 rings (SSSR count). The van der Waals surface area contributed by atoms with E-state index in [-0.39, 0.29) is 11.9 Å². The number of nitrogens with one attached hydrogen (secondary N) is 2. The lowest BCUT2D eigenvalue weighted by Gasteiger charge is -2.46. The molecule has 40 heavy (non-hydrogen) atoms. The predicted molar refractivity (Wildman–Crippen MR) is 151 cm³/mol. The van der Waals surface area contributed by atoms with Crippen molar-refractivity contribution < 1.29 is 18.7 Å². The molecule has 1 aliphatic carbocycles. The number of aromatic amines is 1. The molecule has 0 saturated heterocycles. The van der Waals surface area contributed by atoms with E-state index in [0.29, 0.717) is 57.1 Å². The number of hydrogen-bond acceptors (Lipinski definition) is 8. The van der Waals surface area contributed by atoms with Crippen molar-refractivity contribution in [1.29, 1.82) is 0 Å². The molecule has 11 heteroatoms. The summed E-state index contributed by atoms with van der Waals surface area (Å²) in [7, 11) is 3.13. The minimum atomic E-state index is -0.457. The summed E-state index contributed by atoms with van der Waals surface area (Å²) in [5, 5.41) is 10.4. The Bertz CT molecular complexity index is 1570. The largest absolute Gasteiger partial charge is 0.493 e. The van der Waals surface area contributed by atoms with Gasteiger partial charge in [0.1, 0.15) is 17.2 Å². The lowest BCUT2D eigenvalue weighted by molar-refractivity contribution is -0.119. The number of halogens is 1. The highest BCUT2D eigenvalue weighted by atomic mass is 19.1. The Morgan fingerprint density at radius 2 is 1.80 bits per heavy atom. The molecular weight excluding hydrogens is 513 g/mol. The van der Waals surface area contributed by atoms with Gasteiger partial charge >= 0.3 is 0 Å². The molecule has 3 heterocycles. The van der Waals surface area contributed by atoms with E-state index in [1.165, 1.54) is 6.07 Å². The average Bonchev–Trinajstić information content (AvgIpc) is 3.44. The van der Waals surface area contributed by atoms with E-state index in [9.17, 15) is 9.18 Å². The van der Waals surface area contributed by atoms with E-state index in [0.717, 1.165) is 25.7 Å². The van der Waals surface area contributed by atoms with Crippen LogP contribution < -0.4 is 24.6 Å². The number of anilines is 5. The van der Waals surface area contributed by atoms with E-state index in [1.807, 2.05) is 13.0 Å². The van der Waals surface area contributed by atoms with Gasteiger partial charge in [0, 0.05) is 23.2 Å². The van der Waals surface area contributed by atoms with Crippen LogP contribution in [0.2, 0.25) is 0 Å². The Kier molecular flexibility index (Phi) is 6.65. The van der Waals surface area contributed by atoms with E-state index in [4.69, 9.17) is 14.5 Å². The number of hydrogen-bond donors (Lipinski definition) is 2. The second-order valence-corrected chi connectivity index (χ2v) is 10.5. The van der Waals surface area contributed by atoms with Crippen molar-refractivity contribution in [2.45, 2.75) is 51.6 Å². The molecule has 2 N–H and O–H groups in total. The summed E-state index contributed by atoms with van der Waals surface area (Å²) in [6.45, 7) is 4.20. The minimum absolute atomic E-state index is 0.0740. The smallest absolute Gasteiger partial charge is 0.254 e. The molecule has 2 aromatic heterocycles. The van der Waals surface area contributed by atoms with Gasteiger partial charge in [0.05, 0.1) is 32.3 Å². The first-order valence-electron chi connectivity index (χ1n) is 13.5. The Morgan fingerprint density at radius 3 is 2.55 bits per heavy atom. The number of carbonyl (C=O) groups is 1. The van der Waals surface area contributed by atoms with Gasteiger partial charge in [0.2, 0.25) is 5.95 Å². The van der Waals surface area contributed by atoms with E-state index in [1.54, 1.807) is 49.7 Å². The Hall–Kier alpha value is -4.41. The molecular formula is C29H32FN7O3. The number of carbonyl (C=O) groups excluding carboxylic acids is 1. The van der Waals surface area contributed by atoms with Gasteiger partial charge in [-0.25, -0.2) is 9.37 Å². The van der Waals surface area contributed by atoms with Gasteiger partial charge in [0.25, 0.3) is 5.91 Å². The molecule has 0 radical (unpaired) electrons. The van der Waals surface area contributed by atoms with Crippen LogP contribution in [0.25, 0.3) is 10.9 Å². The molecule has 1 saturated carbocycles. The summed E-state index contributed by atoms with van der Waals surface area (Å²) < 4.78 is 25.5. The second-order valence-electron chi connectivity index (χ2n) is 10.5. The van der Waals surface area contributed by atoms with Crippen molar-refractivity contribution in [2.75, 3.05) is 29.3 Å². The maximum absolute atomic E-state index is 14.6. The van der Waals surface area contributed by atoms with Crippen molar-refractivity contribution in [3.8, 4) is 11.5 Å². The van der Waals surface area contributed by atoms with Gasteiger partial charge < -0.3 is 19.7 Å². The van der Waals surface area contributed by atoms with Crippen molar-refractivity contribution >= 4 is 45.6 Å². The maximum Gasteiger partial charge on any atom is 0.254 e. The topological polar surface area (TPSA) is 109 Å². The SMILES string of the molecule is COc1ccc(N2C(=O)[C@@H](C)N(C3CCC(C)CC3)c3nc(Nc4cc(F)c5[nH]ncc5c4)ncc32)cc1OC. The molecule has 2 aromatic carbocycles. The Labute approximate surface area is 231 Å². The number of methoxy groups -OCH3 is 2. The summed E-state index contributed by atoms with van der Waals surface area (Å²) in [6, 6.07) is 8.25. The zero-order valence-corrected chi connectivity index (χ0v) is 22.9. The molecule has 10 nitrogen and oxygen atoms in total. The first-order chi connectivity index (χ1) is 19.4. The Balaban J connectivity index is 1.44. The van der Waals surface area contributed by atoms with Gasteiger partial charge in [-0.3, -0.25) is 14.8 Å². The number of H-pyrrole nitrogens is 1. The average molecular weight is 546 g/mol. The molecule has 4 aromatic rings. The lowest BCUT2D eigenvalue weighted by Crippen LogP contribution is -2.55. The van der Waals surface area contributed by atoms with E-state index >= 15 is 0 Å². The van der Waals surface area contributed by atoms with Gasteiger partial charge in [0.15, 0.2) is 23.1 Å². The highest BCUT2D eigenvalue weighted by Crippen LogP contribution is 2.44. The number of rotatable bonds is 6. The number of fused-ring (bicyclic) bond motifs is 2. The van der Waals surface area contributed by atoms with Crippen LogP contribution in [-0.2, 0) is 4.79 Å². The molecule has 0 spiro atoms. The van der Waals surface area contributed by atoms with Crippen molar-refractivity contribution in [3.63, 3.8) is 0 Å². The monoisotopic (exact) mass is 545 g/mol. The number of amides is 1. The Morgan fingerprint density at radius 1 is 1.02 bits per heavy atom. The second kappa shape index (κ2) is 10.3. The number of aromatic nitrogens is 4. The van der Waals surface area contributed by atoms with Crippen LogP contribution in [0, 0.1) is 11.7 Å². The fourth-order valence-corrected chi connectivity index (χ4v) is 5.84. The van der Waals surface area contributed by atoms with Crippen LogP contribution in [0.1, 0.15) is 39.5 Å². The third kappa shape index (κ3) is 4.44. The number of benzene rings is 2. The zero-order chi connectivity index (χ0) is 28.0. The van der Waals surface area contributed by atoms with Gasteiger partial charge in [-0.1, -0.05) is 6.92 Å². The van der Waals surface area contributed by atoms with Crippen LogP contribution in [-0.4, -0.2) is 52.4 Å². The normalized spacial score (nSPS) is 20.9. The van der Waals surface area contributed by atoms with E-state index < -0.39 is 11.9 Å². The summed E-state index contributed by atoms with van der Waals surface area (Å²) in [5.41, 5.74) is 2.05. The molecule has 0 bridgehead atoms. The first-order valence-corrected chi connectivity index (χ1v) is 13.5. The zero-order valence-electron chi connectivity index (χ0n) is 22.9. The standard InChI is InChI=1S/C29H32FN7O3/c1-16-5-7-20(8-6-16)36-17(2)28(38)37(21-9-10-24(39-3)25(13-21)40-4)23-15-31-29(34-27(23)36)33-19-11-18-14-32-35-26(18)22(30)12-19/h9-17,20H,5-8H2,1-4H3,(H,32,35)(H,31,33,34)/t16?,17-,20?/m1/s1. The van der Waals surface area contributed by atoms with Gasteiger partial charge in [-0.2, -0.15) is 10.1 Å². The number of ether oxygens (including phenoxy) is 2. The quantitative estimate of drug-likeness (QED) is 0.317. The van der Waals surface area contributed by atoms with Gasteiger partial charge in [-0.15, -0.1) is 0 Å². The summed E-state index contributed by atoms with van der Waals surface area (Å²) in [4.78, 5) is 27.2. The highest BCUT2D eigenvalue weighted by Gasteiger charge is 2.42. The summed E-state index contributed by atoms with van der Waals surface area (Å²) >= 11 is 0. The van der Waals surface area contributed by atoms with Gasteiger partial charge in [-0.05, 0) is 62.8 Å². The number of nitrogens with zero attached hydrogens (tertiary/aromatic N) is 5. The minimum Gasteiger partial charge on any atom is -0.493 e. The van der Waals surface area contributed by atoms with Crippen LogP contribution in [0.15, 0.2) is 42.7 Å². The predicted octanol–water partition coefficient (Wildman–Crippen LogP) is 5.70. The summed E-state index contributed by atoms with van der Waals surface area (Å²) in [6.07, 6.45) is 7.36. The van der Waals surface area contributed by atoms with E-state index in [2.05, 4.69) is 32.3 Å². The maximum atomic E-state index is 14.6. The van der Waals surface area contributed by atoms with Crippen molar-refractivity contribution in [3.05, 3.63) is 48.5 Å². The molecule has 2 aliphatic rings. The first kappa shape index (κ1) is 25.8. The third-order valence-corrected chi connectivity index (χ3v) is 7.99. The molecule has 1 fully saturated rings. The van der Waals surface area contributed by atoms with Crippen LogP contribution in [0.4, 0.5) is 33.2 Å².